The van der Waals surface area contributed by atoms with Gasteiger partial charge < -0.3 is 4.74 Å². The number of rotatable bonds is 7. The van der Waals surface area contributed by atoms with Crippen molar-refractivity contribution in [1.29, 1.82) is 0 Å². The predicted octanol–water partition coefficient (Wildman–Crippen LogP) is 6.37. The second-order valence-corrected chi connectivity index (χ2v) is 9.38. The second kappa shape index (κ2) is 10.3. The number of hydrogen-bond acceptors (Lipinski definition) is 6. The van der Waals surface area contributed by atoms with Gasteiger partial charge in [0, 0.05) is 12.1 Å². The van der Waals surface area contributed by atoms with Gasteiger partial charge in [0.15, 0.2) is 0 Å². The molecule has 6 nitrogen and oxygen atoms in total. The van der Waals surface area contributed by atoms with Crippen molar-refractivity contribution >= 4 is 57.6 Å². The number of nitro benzene ring substituents is 1. The summed E-state index contributed by atoms with van der Waals surface area (Å²) in [5.41, 5.74) is 2.08. The molecule has 0 unspecified atom stereocenters. The van der Waals surface area contributed by atoms with E-state index in [0.717, 1.165) is 5.56 Å². The highest BCUT2D eigenvalue weighted by molar-refractivity contribution is 8.26. The number of thioether (sulfide) groups is 1. The Morgan fingerprint density at radius 1 is 1.12 bits per heavy atom. The second-order valence-electron chi connectivity index (χ2n) is 7.30. The van der Waals surface area contributed by atoms with Gasteiger partial charge in [-0.1, -0.05) is 65.9 Å². The van der Waals surface area contributed by atoms with Crippen molar-refractivity contribution in [2.24, 2.45) is 0 Å². The maximum atomic E-state index is 13.1. The number of nitrogens with zero attached hydrogens (tertiary/aromatic N) is 2. The molecule has 0 N–H and O–H groups in total. The molecule has 10 heteroatoms. The van der Waals surface area contributed by atoms with E-state index in [1.165, 1.54) is 40.9 Å². The molecule has 3 aromatic carbocycles. The third-order valence-electron chi connectivity index (χ3n) is 4.90. The quantitative estimate of drug-likeness (QED) is 0.158. The molecule has 0 atom stereocenters. The average molecular weight is 515 g/mol. The van der Waals surface area contributed by atoms with E-state index in [9.17, 15) is 19.3 Å². The Balaban J connectivity index is 1.44. The maximum Gasteiger partial charge on any atom is 0.269 e. The molecule has 0 radical (unpaired) electrons. The maximum absolute atomic E-state index is 13.1. The third-order valence-corrected chi connectivity index (χ3v) is 6.57. The van der Waals surface area contributed by atoms with E-state index >= 15 is 0 Å². The van der Waals surface area contributed by atoms with Crippen LogP contribution in [0.15, 0.2) is 71.6 Å². The van der Waals surface area contributed by atoms with Crippen LogP contribution >= 0.6 is 35.6 Å². The minimum absolute atomic E-state index is 0.0145. The van der Waals surface area contributed by atoms with E-state index in [1.54, 1.807) is 48.5 Å². The van der Waals surface area contributed by atoms with Crippen LogP contribution in [0.4, 0.5) is 10.1 Å². The number of carbonyl (C=O) groups excluding carboxylic acids is 1. The lowest BCUT2D eigenvalue weighted by atomic mass is 10.2. The molecule has 3 aromatic rings. The molecular weight excluding hydrogens is 499 g/mol. The number of amides is 1. The Hall–Kier alpha value is -3.27. The number of carbonyl (C=O) groups is 1. The number of nitro groups is 1. The summed E-state index contributed by atoms with van der Waals surface area (Å²) < 4.78 is 19.3. The van der Waals surface area contributed by atoms with E-state index in [4.69, 9.17) is 28.6 Å². The largest absolute Gasteiger partial charge is 0.487 e. The van der Waals surface area contributed by atoms with Crippen LogP contribution in [0.25, 0.3) is 6.08 Å². The number of thiocarbonyl (C=S) groups is 1. The van der Waals surface area contributed by atoms with Gasteiger partial charge in [-0.2, -0.15) is 0 Å². The summed E-state index contributed by atoms with van der Waals surface area (Å²) in [6.45, 7) is 0.371. The van der Waals surface area contributed by atoms with Gasteiger partial charge in [0.25, 0.3) is 11.6 Å². The van der Waals surface area contributed by atoms with Crippen molar-refractivity contribution in [3.8, 4) is 5.75 Å². The Kier molecular flexibility index (Phi) is 7.26. The lowest BCUT2D eigenvalue weighted by molar-refractivity contribution is -0.384. The van der Waals surface area contributed by atoms with E-state index in [1.807, 2.05) is 0 Å². The minimum Gasteiger partial charge on any atom is -0.487 e. The number of non-ortho nitro benzene ring substituents is 1. The van der Waals surface area contributed by atoms with Gasteiger partial charge in [-0.15, -0.1) is 0 Å². The molecule has 1 fully saturated rings. The summed E-state index contributed by atoms with van der Waals surface area (Å²) in [7, 11) is 0. The van der Waals surface area contributed by atoms with Crippen molar-refractivity contribution < 1.29 is 18.8 Å². The molecule has 1 aliphatic rings. The Morgan fingerprint density at radius 3 is 2.59 bits per heavy atom. The fraction of sp³-hybridized carbons (Fsp3) is 0.0833. The van der Waals surface area contributed by atoms with Crippen LogP contribution in [-0.4, -0.2) is 20.1 Å². The van der Waals surface area contributed by atoms with Crippen LogP contribution in [0.5, 0.6) is 5.75 Å². The highest BCUT2D eigenvalue weighted by Gasteiger charge is 2.32. The zero-order valence-corrected chi connectivity index (χ0v) is 19.8. The summed E-state index contributed by atoms with van der Waals surface area (Å²) in [5, 5.41) is 11.3. The lowest BCUT2D eigenvalue weighted by Gasteiger charge is -2.14. The zero-order chi connectivity index (χ0) is 24.2. The molecule has 34 heavy (non-hydrogen) atoms. The first-order valence-corrected chi connectivity index (χ1v) is 11.6. The van der Waals surface area contributed by atoms with Gasteiger partial charge in [-0.3, -0.25) is 19.8 Å². The van der Waals surface area contributed by atoms with Crippen LogP contribution < -0.4 is 4.74 Å². The van der Waals surface area contributed by atoms with Gasteiger partial charge >= 0.3 is 0 Å². The summed E-state index contributed by atoms with van der Waals surface area (Å²) in [5.74, 6) is -0.168. The molecule has 0 bridgehead atoms. The van der Waals surface area contributed by atoms with E-state index in [-0.39, 0.29) is 30.6 Å². The van der Waals surface area contributed by atoms with Crippen LogP contribution in [0.2, 0.25) is 5.02 Å². The normalized spacial score (nSPS) is 14.6. The van der Waals surface area contributed by atoms with Crippen molar-refractivity contribution in [2.45, 2.75) is 13.2 Å². The third kappa shape index (κ3) is 5.61. The van der Waals surface area contributed by atoms with E-state index in [2.05, 4.69) is 0 Å². The number of ether oxygens (including phenoxy) is 1. The van der Waals surface area contributed by atoms with Crippen LogP contribution in [0.1, 0.15) is 16.7 Å². The number of benzene rings is 3. The zero-order valence-electron chi connectivity index (χ0n) is 17.4. The van der Waals surface area contributed by atoms with Crippen LogP contribution in [0, 0.1) is 15.9 Å². The molecule has 4 rings (SSSR count). The molecule has 0 aliphatic carbocycles. The highest BCUT2D eigenvalue weighted by atomic mass is 35.5. The fourth-order valence-electron chi connectivity index (χ4n) is 3.20. The van der Waals surface area contributed by atoms with Gasteiger partial charge in [0.2, 0.25) is 0 Å². The standard InChI is InChI=1S/C24H16ClFN2O4S2/c25-20-11-16(6-9-21(20)32-14-17-2-1-3-19(10-17)28(30)31)12-22-23(29)27(24(33)34-22)13-15-4-7-18(26)8-5-15/h1-12H,13-14H2. The van der Waals surface area contributed by atoms with Crippen molar-refractivity contribution in [3.05, 3.63) is 109 Å². The Morgan fingerprint density at radius 2 is 1.88 bits per heavy atom. The van der Waals surface area contributed by atoms with Crippen LogP contribution in [0.3, 0.4) is 0 Å². The van der Waals surface area contributed by atoms with Gasteiger partial charge in [0.05, 0.1) is 21.4 Å². The Labute approximate surface area is 209 Å². The van der Waals surface area contributed by atoms with Crippen molar-refractivity contribution in [1.82, 2.24) is 4.90 Å². The number of halogens is 2. The lowest BCUT2D eigenvalue weighted by Crippen LogP contribution is -2.27. The smallest absolute Gasteiger partial charge is 0.269 e. The Bertz CT molecular complexity index is 1310. The topological polar surface area (TPSA) is 72.7 Å². The van der Waals surface area contributed by atoms with E-state index in [0.29, 0.717) is 31.1 Å². The summed E-state index contributed by atoms with van der Waals surface area (Å²) in [6.07, 6.45) is 1.69. The van der Waals surface area contributed by atoms with Gasteiger partial charge in [-0.25, -0.2) is 4.39 Å². The monoisotopic (exact) mass is 514 g/mol. The number of hydrogen-bond donors (Lipinski definition) is 0. The summed E-state index contributed by atoms with van der Waals surface area (Å²) in [6, 6.07) is 17.2. The van der Waals surface area contributed by atoms with Gasteiger partial charge in [-0.05, 0) is 47.0 Å². The molecule has 0 spiro atoms. The van der Waals surface area contributed by atoms with Crippen molar-refractivity contribution in [2.75, 3.05) is 0 Å². The summed E-state index contributed by atoms with van der Waals surface area (Å²) in [4.78, 5) is 25.2. The molecular formula is C24H16ClFN2O4S2. The molecule has 1 heterocycles. The summed E-state index contributed by atoms with van der Waals surface area (Å²) >= 11 is 12.9. The SMILES string of the molecule is O=C1C(=Cc2ccc(OCc3cccc([N+](=O)[O-])c3)c(Cl)c2)SC(=S)N1Cc1ccc(F)cc1. The molecule has 172 valence electrons. The molecule has 1 saturated heterocycles. The first kappa shape index (κ1) is 23.9. The first-order chi connectivity index (χ1) is 16.3. The molecule has 0 saturated carbocycles. The van der Waals surface area contributed by atoms with Gasteiger partial charge in [0.1, 0.15) is 22.5 Å². The fourth-order valence-corrected chi connectivity index (χ4v) is 4.70. The molecule has 1 amide bonds. The molecule has 0 aromatic heterocycles. The first-order valence-electron chi connectivity index (χ1n) is 9.95. The van der Waals surface area contributed by atoms with E-state index < -0.39 is 4.92 Å². The predicted molar refractivity (Wildman–Crippen MR) is 134 cm³/mol. The minimum atomic E-state index is -0.465. The highest BCUT2D eigenvalue weighted by Crippen LogP contribution is 2.35. The van der Waals surface area contributed by atoms with Crippen molar-refractivity contribution in [3.63, 3.8) is 0 Å². The van der Waals surface area contributed by atoms with Crippen LogP contribution in [-0.2, 0) is 17.9 Å². The molecule has 1 aliphatic heterocycles. The average Bonchev–Trinajstić information content (AvgIpc) is 3.07.